The van der Waals surface area contributed by atoms with Crippen molar-refractivity contribution in [2.75, 3.05) is 0 Å². The highest BCUT2D eigenvalue weighted by atomic mass is 79.9. The SMILES string of the molecule is CCn1ncc2c3c(Br)cc(C)cc3c(=O)n(C)c21. The van der Waals surface area contributed by atoms with E-state index in [-0.39, 0.29) is 5.56 Å². The molecular weight excluding hydrogens is 306 g/mol. The molecule has 2 heterocycles. The van der Waals surface area contributed by atoms with Gasteiger partial charge in [-0.15, -0.1) is 0 Å². The van der Waals surface area contributed by atoms with E-state index in [0.717, 1.165) is 38.4 Å². The van der Waals surface area contributed by atoms with Crippen molar-refractivity contribution in [3.63, 3.8) is 0 Å². The van der Waals surface area contributed by atoms with Crippen molar-refractivity contribution in [3.05, 3.63) is 38.7 Å². The van der Waals surface area contributed by atoms with Gasteiger partial charge in [0, 0.05) is 34.2 Å². The zero-order valence-electron chi connectivity index (χ0n) is 11.1. The topological polar surface area (TPSA) is 39.8 Å². The Bertz CT molecular complexity index is 861. The van der Waals surface area contributed by atoms with Gasteiger partial charge in [0.1, 0.15) is 5.65 Å². The van der Waals surface area contributed by atoms with Crippen LogP contribution >= 0.6 is 15.9 Å². The number of halogens is 1. The maximum absolute atomic E-state index is 12.5. The van der Waals surface area contributed by atoms with E-state index < -0.39 is 0 Å². The fraction of sp³-hybridized carbons (Fsp3) is 0.286. The van der Waals surface area contributed by atoms with Gasteiger partial charge in [-0.25, -0.2) is 4.68 Å². The van der Waals surface area contributed by atoms with Crippen molar-refractivity contribution in [2.45, 2.75) is 20.4 Å². The van der Waals surface area contributed by atoms with Crippen LogP contribution in [-0.4, -0.2) is 14.3 Å². The summed E-state index contributed by atoms with van der Waals surface area (Å²) in [6, 6.07) is 3.97. The van der Waals surface area contributed by atoms with Gasteiger partial charge in [-0.05, 0) is 31.5 Å². The molecule has 0 aliphatic carbocycles. The zero-order valence-corrected chi connectivity index (χ0v) is 12.7. The van der Waals surface area contributed by atoms with E-state index in [2.05, 4.69) is 21.0 Å². The van der Waals surface area contributed by atoms with Crippen LogP contribution in [0.15, 0.2) is 27.6 Å². The molecule has 98 valence electrons. The smallest absolute Gasteiger partial charge is 0.259 e. The van der Waals surface area contributed by atoms with Gasteiger partial charge in [0.2, 0.25) is 0 Å². The van der Waals surface area contributed by atoms with Crippen molar-refractivity contribution in [3.8, 4) is 0 Å². The molecule has 19 heavy (non-hydrogen) atoms. The van der Waals surface area contributed by atoms with Crippen LogP contribution in [0.3, 0.4) is 0 Å². The maximum Gasteiger partial charge on any atom is 0.259 e. The summed E-state index contributed by atoms with van der Waals surface area (Å²) in [5, 5.41) is 7.05. The van der Waals surface area contributed by atoms with Crippen LogP contribution in [0.2, 0.25) is 0 Å². The molecular formula is C14H14BrN3O. The van der Waals surface area contributed by atoms with Gasteiger partial charge in [0.25, 0.3) is 5.56 Å². The van der Waals surface area contributed by atoms with Gasteiger partial charge < -0.3 is 0 Å². The normalized spacial score (nSPS) is 11.6. The first-order valence-electron chi connectivity index (χ1n) is 6.19. The molecule has 0 saturated carbocycles. The Morgan fingerprint density at radius 1 is 1.32 bits per heavy atom. The van der Waals surface area contributed by atoms with Crippen LogP contribution in [0, 0.1) is 6.92 Å². The molecule has 0 saturated heterocycles. The minimum atomic E-state index is 0.0158. The summed E-state index contributed by atoms with van der Waals surface area (Å²) >= 11 is 3.57. The van der Waals surface area contributed by atoms with Crippen LogP contribution in [-0.2, 0) is 13.6 Å². The molecule has 0 atom stereocenters. The highest BCUT2D eigenvalue weighted by Crippen LogP contribution is 2.30. The second kappa shape index (κ2) is 4.20. The molecule has 0 spiro atoms. The molecule has 0 unspecified atom stereocenters. The molecule has 0 bridgehead atoms. The van der Waals surface area contributed by atoms with Crippen molar-refractivity contribution in [1.82, 2.24) is 14.3 Å². The first-order chi connectivity index (χ1) is 9.04. The third-order valence-corrected chi connectivity index (χ3v) is 4.09. The Morgan fingerprint density at radius 2 is 2.05 bits per heavy atom. The average molecular weight is 320 g/mol. The number of aryl methyl sites for hydroxylation is 3. The van der Waals surface area contributed by atoms with E-state index in [1.165, 1.54) is 0 Å². The molecule has 3 aromatic rings. The van der Waals surface area contributed by atoms with Crippen molar-refractivity contribution >= 4 is 37.7 Å². The van der Waals surface area contributed by atoms with Crippen LogP contribution < -0.4 is 5.56 Å². The summed E-state index contributed by atoms with van der Waals surface area (Å²) in [5.74, 6) is 0. The number of rotatable bonds is 1. The second-order valence-electron chi connectivity index (χ2n) is 4.73. The van der Waals surface area contributed by atoms with Crippen LogP contribution in [0.5, 0.6) is 0 Å². The van der Waals surface area contributed by atoms with E-state index in [9.17, 15) is 4.79 Å². The molecule has 1 aromatic carbocycles. The van der Waals surface area contributed by atoms with Crippen molar-refractivity contribution in [2.24, 2.45) is 7.05 Å². The molecule has 0 amide bonds. The van der Waals surface area contributed by atoms with E-state index >= 15 is 0 Å². The minimum absolute atomic E-state index is 0.0158. The Balaban J connectivity index is 2.68. The summed E-state index contributed by atoms with van der Waals surface area (Å²) in [4.78, 5) is 12.5. The van der Waals surface area contributed by atoms with Crippen LogP contribution in [0.25, 0.3) is 21.8 Å². The Kier molecular flexibility index (Phi) is 2.74. The molecule has 0 fully saturated rings. The van der Waals surface area contributed by atoms with E-state index in [1.54, 1.807) is 11.6 Å². The van der Waals surface area contributed by atoms with Crippen molar-refractivity contribution in [1.29, 1.82) is 0 Å². The van der Waals surface area contributed by atoms with Gasteiger partial charge in [-0.1, -0.05) is 15.9 Å². The first kappa shape index (κ1) is 12.4. The quantitative estimate of drug-likeness (QED) is 0.691. The first-order valence-corrected chi connectivity index (χ1v) is 6.98. The molecule has 0 N–H and O–H groups in total. The molecule has 5 heteroatoms. The Hall–Kier alpha value is -1.62. The molecule has 0 aliphatic heterocycles. The number of benzene rings is 1. The van der Waals surface area contributed by atoms with Gasteiger partial charge in [-0.3, -0.25) is 9.36 Å². The number of pyridine rings is 1. The van der Waals surface area contributed by atoms with Crippen molar-refractivity contribution < 1.29 is 0 Å². The third kappa shape index (κ3) is 1.64. The summed E-state index contributed by atoms with van der Waals surface area (Å²) in [7, 11) is 1.80. The largest absolute Gasteiger partial charge is 0.296 e. The van der Waals surface area contributed by atoms with Gasteiger partial charge in [0.05, 0.1) is 6.20 Å². The summed E-state index contributed by atoms with van der Waals surface area (Å²) in [5.41, 5.74) is 1.95. The highest BCUT2D eigenvalue weighted by Gasteiger charge is 2.15. The molecule has 4 nitrogen and oxygen atoms in total. The van der Waals surface area contributed by atoms with Crippen LogP contribution in [0.4, 0.5) is 0 Å². The summed E-state index contributed by atoms with van der Waals surface area (Å²) < 4.78 is 4.48. The predicted octanol–water partition coefficient (Wildman–Crippen LogP) is 2.98. The Morgan fingerprint density at radius 3 is 2.74 bits per heavy atom. The number of fused-ring (bicyclic) bond motifs is 3. The molecule has 3 rings (SSSR count). The zero-order chi connectivity index (χ0) is 13.7. The fourth-order valence-corrected chi connectivity index (χ4v) is 3.39. The standard InChI is InChI=1S/C14H14BrN3O/c1-4-18-13-10(7-16-18)12-9(14(19)17(13)3)5-8(2)6-11(12)15/h5-7H,4H2,1-3H3. The Labute approximate surface area is 118 Å². The minimum Gasteiger partial charge on any atom is -0.296 e. The third-order valence-electron chi connectivity index (χ3n) is 3.47. The molecule has 0 aliphatic rings. The lowest BCUT2D eigenvalue weighted by atomic mass is 10.1. The lowest BCUT2D eigenvalue weighted by Crippen LogP contribution is -2.19. The van der Waals surface area contributed by atoms with E-state index in [1.807, 2.05) is 36.9 Å². The monoisotopic (exact) mass is 319 g/mol. The number of nitrogens with zero attached hydrogens (tertiary/aromatic N) is 3. The lowest BCUT2D eigenvalue weighted by Gasteiger charge is -2.09. The highest BCUT2D eigenvalue weighted by molar-refractivity contribution is 9.10. The molecule has 0 radical (unpaired) electrons. The van der Waals surface area contributed by atoms with E-state index in [0.29, 0.717) is 0 Å². The number of aromatic nitrogens is 3. The number of hydrogen-bond acceptors (Lipinski definition) is 2. The van der Waals surface area contributed by atoms with Gasteiger partial charge >= 0.3 is 0 Å². The summed E-state index contributed by atoms with van der Waals surface area (Å²) in [6.45, 7) is 4.75. The predicted molar refractivity (Wildman–Crippen MR) is 80.6 cm³/mol. The summed E-state index contributed by atoms with van der Waals surface area (Å²) in [6.07, 6.45) is 1.83. The average Bonchev–Trinajstić information content (AvgIpc) is 2.78. The van der Waals surface area contributed by atoms with E-state index in [4.69, 9.17) is 0 Å². The lowest BCUT2D eigenvalue weighted by molar-refractivity contribution is 0.659. The second-order valence-corrected chi connectivity index (χ2v) is 5.59. The van der Waals surface area contributed by atoms with Gasteiger partial charge in [0.15, 0.2) is 0 Å². The van der Waals surface area contributed by atoms with Crippen LogP contribution in [0.1, 0.15) is 12.5 Å². The fourth-order valence-electron chi connectivity index (χ4n) is 2.60. The van der Waals surface area contributed by atoms with Gasteiger partial charge in [-0.2, -0.15) is 5.10 Å². The maximum atomic E-state index is 12.5. The molecule has 2 aromatic heterocycles. The number of hydrogen-bond donors (Lipinski definition) is 0.